The van der Waals surface area contributed by atoms with Gasteiger partial charge in [0, 0.05) is 5.69 Å². The van der Waals surface area contributed by atoms with Crippen molar-refractivity contribution >= 4 is 23.4 Å². The van der Waals surface area contributed by atoms with Crippen LogP contribution in [-0.2, 0) is 4.79 Å². The number of carbonyl (C=O) groups excluding carboxylic acids is 1. The minimum absolute atomic E-state index is 0.150. The molecule has 3 rings (SSSR count). The van der Waals surface area contributed by atoms with Gasteiger partial charge in [0.1, 0.15) is 17.4 Å². The van der Waals surface area contributed by atoms with E-state index in [0.717, 1.165) is 5.69 Å². The first-order valence-electron chi connectivity index (χ1n) is 7.82. The molecule has 0 atom stereocenters. The lowest BCUT2D eigenvalue weighted by atomic mass is 10.3. The molecule has 134 valence electrons. The zero-order valence-electron chi connectivity index (χ0n) is 14.3. The first-order valence-corrected chi connectivity index (χ1v) is 8.80. The predicted octanol–water partition coefficient (Wildman–Crippen LogP) is 3.45. The largest absolute Gasteiger partial charge is 0.495 e. The van der Waals surface area contributed by atoms with Crippen molar-refractivity contribution in [1.29, 1.82) is 0 Å². The van der Waals surface area contributed by atoms with E-state index in [1.807, 2.05) is 12.1 Å². The second-order valence-corrected chi connectivity index (χ2v) is 6.32. The molecule has 0 bridgehead atoms. The van der Waals surface area contributed by atoms with Crippen LogP contribution in [0.15, 0.2) is 53.7 Å². The fraction of sp³-hybridized carbons (Fsp3) is 0.167. The van der Waals surface area contributed by atoms with Crippen LogP contribution in [0.5, 0.6) is 5.75 Å². The van der Waals surface area contributed by atoms with E-state index >= 15 is 0 Å². The highest BCUT2D eigenvalue weighted by Crippen LogP contribution is 2.25. The van der Waals surface area contributed by atoms with Gasteiger partial charge in [-0.15, -0.1) is 10.2 Å². The number of nitrogens with one attached hydrogen (secondary N) is 1. The third-order valence-corrected chi connectivity index (χ3v) is 4.52. The molecule has 0 fully saturated rings. The third-order valence-electron chi connectivity index (χ3n) is 3.59. The van der Waals surface area contributed by atoms with E-state index in [0.29, 0.717) is 22.4 Å². The lowest BCUT2D eigenvalue weighted by molar-refractivity contribution is -0.113. The van der Waals surface area contributed by atoms with Crippen molar-refractivity contribution in [2.45, 2.75) is 12.1 Å². The van der Waals surface area contributed by atoms with E-state index in [1.165, 1.54) is 23.9 Å². The van der Waals surface area contributed by atoms with Crippen molar-refractivity contribution in [2.75, 3.05) is 18.2 Å². The monoisotopic (exact) mass is 372 g/mol. The maximum atomic E-state index is 13.1. The number of aromatic nitrogens is 3. The van der Waals surface area contributed by atoms with Crippen LogP contribution >= 0.6 is 11.8 Å². The van der Waals surface area contributed by atoms with Crippen molar-refractivity contribution < 1.29 is 13.9 Å². The van der Waals surface area contributed by atoms with Gasteiger partial charge >= 0.3 is 0 Å². The number of ether oxygens (including phenoxy) is 1. The van der Waals surface area contributed by atoms with Crippen LogP contribution in [0.2, 0.25) is 0 Å². The Hall–Kier alpha value is -2.87. The normalized spacial score (nSPS) is 10.6. The minimum atomic E-state index is -0.315. The second kappa shape index (κ2) is 8.01. The van der Waals surface area contributed by atoms with E-state index in [4.69, 9.17) is 4.74 Å². The molecule has 0 aliphatic carbocycles. The van der Waals surface area contributed by atoms with Gasteiger partial charge in [-0.3, -0.25) is 9.36 Å². The molecule has 0 spiro atoms. The number of aryl methyl sites for hydroxylation is 1. The molecule has 1 heterocycles. The van der Waals surface area contributed by atoms with E-state index in [9.17, 15) is 9.18 Å². The summed E-state index contributed by atoms with van der Waals surface area (Å²) < 4.78 is 20.1. The van der Waals surface area contributed by atoms with E-state index in [2.05, 4.69) is 15.5 Å². The minimum Gasteiger partial charge on any atom is -0.495 e. The quantitative estimate of drug-likeness (QED) is 0.671. The second-order valence-electron chi connectivity index (χ2n) is 5.38. The molecule has 0 radical (unpaired) electrons. The van der Waals surface area contributed by atoms with Crippen LogP contribution in [-0.4, -0.2) is 33.5 Å². The molecule has 8 heteroatoms. The number of hydrogen-bond donors (Lipinski definition) is 1. The number of carbonyl (C=O) groups is 1. The van der Waals surface area contributed by atoms with Crippen LogP contribution in [0.25, 0.3) is 5.69 Å². The topological polar surface area (TPSA) is 69.0 Å². The van der Waals surface area contributed by atoms with Gasteiger partial charge in [-0.1, -0.05) is 23.9 Å². The Morgan fingerprint density at radius 1 is 1.19 bits per heavy atom. The lowest BCUT2D eigenvalue weighted by Crippen LogP contribution is -2.15. The van der Waals surface area contributed by atoms with Gasteiger partial charge in [0.05, 0.1) is 18.6 Å². The van der Waals surface area contributed by atoms with Gasteiger partial charge in [-0.25, -0.2) is 4.39 Å². The molecule has 1 aromatic heterocycles. The first kappa shape index (κ1) is 17.9. The summed E-state index contributed by atoms with van der Waals surface area (Å²) in [6, 6.07) is 13.2. The smallest absolute Gasteiger partial charge is 0.234 e. The van der Waals surface area contributed by atoms with Gasteiger partial charge in [0.25, 0.3) is 0 Å². The molecule has 0 saturated heterocycles. The fourth-order valence-electron chi connectivity index (χ4n) is 2.39. The van der Waals surface area contributed by atoms with Crippen molar-refractivity contribution in [1.82, 2.24) is 14.8 Å². The maximum absolute atomic E-state index is 13.1. The Morgan fingerprint density at radius 3 is 2.65 bits per heavy atom. The average molecular weight is 372 g/mol. The van der Waals surface area contributed by atoms with Crippen LogP contribution in [0.3, 0.4) is 0 Å². The number of benzene rings is 2. The zero-order chi connectivity index (χ0) is 18.5. The van der Waals surface area contributed by atoms with Crippen LogP contribution in [0.4, 0.5) is 10.1 Å². The number of hydrogen-bond acceptors (Lipinski definition) is 5. The van der Waals surface area contributed by atoms with Crippen LogP contribution in [0.1, 0.15) is 5.82 Å². The Kier molecular flexibility index (Phi) is 5.52. The molecule has 0 aliphatic heterocycles. The zero-order valence-corrected chi connectivity index (χ0v) is 15.1. The summed E-state index contributed by atoms with van der Waals surface area (Å²) in [6.07, 6.45) is 0. The number of anilines is 1. The summed E-state index contributed by atoms with van der Waals surface area (Å²) in [7, 11) is 1.55. The number of nitrogens with zero attached hydrogens (tertiary/aromatic N) is 3. The van der Waals surface area contributed by atoms with E-state index in [1.54, 1.807) is 42.9 Å². The number of rotatable bonds is 6. The average Bonchev–Trinajstić information content (AvgIpc) is 3.02. The number of halogens is 1. The molecule has 0 unspecified atom stereocenters. The molecule has 2 aromatic carbocycles. The standard InChI is InChI=1S/C18H17FN4O2S/c1-12-21-22-18(23(12)14-9-7-13(19)8-10-14)26-11-17(24)20-15-5-3-4-6-16(15)25-2/h3-10H,11H2,1-2H3,(H,20,24). The predicted molar refractivity (Wildman–Crippen MR) is 98.4 cm³/mol. The van der Waals surface area contributed by atoms with Gasteiger partial charge in [0.2, 0.25) is 5.91 Å². The van der Waals surface area contributed by atoms with Crippen molar-refractivity contribution in [3.8, 4) is 11.4 Å². The molecule has 1 amide bonds. The summed E-state index contributed by atoms with van der Waals surface area (Å²) in [5.41, 5.74) is 1.35. The third kappa shape index (κ3) is 4.02. The molecular formula is C18H17FN4O2S. The number of amides is 1. The SMILES string of the molecule is COc1ccccc1NC(=O)CSc1nnc(C)n1-c1ccc(F)cc1. The maximum Gasteiger partial charge on any atom is 0.234 e. The van der Waals surface area contributed by atoms with Crippen molar-refractivity contribution in [3.05, 3.63) is 60.2 Å². The highest BCUT2D eigenvalue weighted by Gasteiger charge is 2.14. The van der Waals surface area contributed by atoms with Crippen LogP contribution < -0.4 is 10.1 Å². The van der Waals surface area contributed by atoms with Gasteiger partial charge in [0.15, 0.2) is 5.16 Å². The Morgan fingerprint density at radius 2 is 1.92 bits per heavy atom. The van der Waals surface area contributed by atoms with Crippen molar-refractivity contribution in [3.63, 3.8) is 0 Å². The van der Waals surface area contributed by atoms with E-state index < -0.39 is 0 Å². The molecule has 3 aromatic rings. The summed E-state index contributed by atoms with van der Waals surface area (Å²) in [4.78, 5) is 12.3. The fourth-order valence-corrected chi connectivity index (χ4v) is 3.19. The summed E-state index contributed by atoms with van der Waals surface area (Å²) in [6.45, 7) is 1.80. The Bertz CT molecular complexity index is 912. The van der Waals surface area contributed by atoms with Crippen LogP contribution in [0, 0.1) is 12.7 Å². The highest BCUT2D eigenvalue weighted by molar-refractivity contribution is 7.99. The number of methoxy groups -OCH3 is 1. The highest BCUT2D eigenvalue weighted by atomic mass is 32.2. The van der Waals surface area contributed by atoms with Crippen molar-refractivity contribution in [2.24, 2.45) is 0 Å². The Labute approximate surface area is 154 Å². The first-order chi connectivity index (χ1) is 12.6. The summed E-state index contributed by atoms with van der Waals surface area (Å²) in [5, 5.41) is 11.5. The van der Waals surface area contributed by atoms with Gasteiger partial charge in [-0.2, -0.15) is 0 Å². The molecule has 0 saturated carbocycles. The molecule has 0 aliphatic rings. The number of para-hydroxylation sites is 2. The lowest BCUT2D eigenvalue weighted by Gasteiger charge is -2.10. The summed E-state index contributed by atoms with van der Waals surface area (Å²) >= 11 is 1.25. The number of thioether (sulfide) groups is 1. The molecule has 6 nitrogen and oxygen atoms in total. The molecular weight excluding hydrogens is 355 g/mol. The summed E-state index contributed by atoms with van der Waals surface area (Å²) in [5.74, 6) is 0.897. The van der Waals surface area contributed by atoms with Gasteiger partial charge in [-0.05, 0) is 43.3 Å². The Balaban J connectivity index is 1.70. The molecule has 26 heavy (non-hydrogen) atoms. The molecule has 1 N–H and O–H groups in total. The van der Waals surface area contributed by atoms with Gasteiger partial charge < -0.3 is 10.1 Å². The van der Waals surface area contributed by atoms with E-state index in [-0.39, 0.29) is 17.5 Å².